The van der Waals surface area contributed by atoms with Gasteiger partial charge in [0.1, 0.15) is 5.57 Å². The van der Waals surface area contributed by atoms with Crippen LogP contribution in [0.5, 0.6) is 0 Å². The van der Waals surface area contributed by atoms with Crippen LogP contribution in [-0.2, 0) is 22.2 Å². The molecule has 0 aromatic heterocycles. The lowest BCUT2D eigenvalue weighted by atomic mass is 10.0. The van der Waals surface area contributed by atoms with E-state index in [1.54, 1.807) is 0 Å². The van der Waals surface area contributed by atoms with Gasteiger partial charge in [0.15, 0.2) is 5.11 Å². The maximum absolute atomic E-state index is 13.1. The zero-order valence-corrected chi connectivity index (χ0v) is 18.7. The number of hydrogen-bond acceptors (Lipinski definition) is 4. The van der Waals surface area contributed by atoms with Gasteiger partial charge in [-0.15, -0.1) is 0 Å². The molecule has 2 aromatic carbocycles. The van der Waals surface area contributed by atoms with Crippen LogP contribution in [-0.4, -0.2) is 30.0 Å². The Kier molecular flexibility index (Phi) is 6.25. The number of nitrogens with one attached hydrogen (secondary N) is 1. The number of hydrogen-bond donors (Lipinski definition) is 1. The van der Waals surface area contributed by atoms with Gasteiger partial charge in [0.25, 0.3) is 11.8 Å². The number of carbonyl (C=O) groups is 2. The van der Waals surface area contributed by atoms with E-state index in [0.29, 0.717) is 5.56 Å². The Bertz CT molecular complexity index is 1160. The number of carbonyl (C=O) groups excluding carboxylic acids is 2. The molecule has 2 aliphatic heterocycles. The molecule has 1 N–H and O–H groups in total. The van der Waals surface area contributed by atoms with E-state index in [1.165, 1.54) is 18.2 Å². The van der Waals surface area contributed by atoms with Crippen LogP contribution in [0.1, 0.15) is 36.5 Å². The van der Waals surface area contributed by atoms with Crippen molar-refractivity contribution in [3.8, 4) is 0 Å². The van der Waals surface area contributed by atoms with Crippen LogP contribution < -0.4 is 15.1 Å². The number of halogens is 3. The minimum Gasteiger partial charge on any atom is -0.371 e. The maximum atomic E-state index is 13.1. The molecule has 0 saturated carbocycles. The number of amides is 2. The van der Waals surface area contributed by atoms with Crippen LogP contribution in [0.4, 0.5) is 24.5 Å². The predicted molar refractivity (Wildman–Crippen MR) is 125 cm³/mol. The van der Waals surface area contributed by atoms with Crippen LogP contribution in [0.25, 0.3) is 6.08 Å². The summed E-state index contributed by atoms with van der Waals surface area (Å²) in [7, 11) is 0. The van der Waals surface area contributed by atoms with Crippen LogP contribution in [0.15, 0.2) is 48.0 Å². The second-order valence-electron chi connectivity index (χ2n) is 7.98. The Morgan fingerprint density at radius 2 is 1.94 bits per heavy atom. The first-order valence-corrected chi connectivity index (χ1v) is 11.1. The molecule has 9 heteroatoms. The van der Waals surface area contributed by atoms with Crippen molar-refractivity contribution in [1.82, 2.24) is 5.32 Å². The summed E-state index contributed by atoms with van der Waals surface area (Å²) >= 11 is 5.09. The molecule has 2 aromatic rings. The second-order valence-corrected chi connectivity index (χ2v) is 8.37. The first kappa shape index (κ1) is 23.0. The number of benzene rings is 2. The van der Waals surface area contributed by atoms with E-state index < -0.39 is 23.6 Å². The predicted octanol–water partition coefficient (Wildman–Crippen LogP) is 4.70. The van der Waals surface area contributed by atoms with Gasteiger partial charge in [0.05, 0.1) is 11.3 Å². The molecule has 33 heavy (non-hydrogen) atoms. The highest BCUT2D eigenvalue weighted by Gasteiger charge is 2.36. The van der Waals surface area contributed by atoms with Crippen molar-refractivity contribution >= 4 is 46.6 Å². The zero-order chi connectivity index (χ0) is 23.8. The van der Waals surface area contributed by atoms with Crippen LogP contribution in [0.3, 0.4) is 0 Å². The van der Waals surface area contributed by atoms with E-state index in [2.05, 4.69) is 17.1 Å². The van der Waals surface area contributed by atoms with E-state index >= 15 is 0 Å². The molecule has 172 valence electrons. The molecule has 4 rings (SSSR count). The van der Waals surface area contributed by atoms with Gasteiger partial charge >= 0.3 is 6.18 Å². The summed E-state index contributed by atoms with van der Waals surface area (Å²) in [5, 5.41) is 2.15. The van der Waals surface area contributed by atoms with Gasteiger partial charge in [-0.3, -0.25) is 19.8 Å². The molecule has 2 amide bonds. The lowest BCUT2D eigenvalue weighted by Gasteiger charge is -2.29. The zero-order valence-electron chi connectivity index (χ0n) is 17.9. The lowest BCUT2D eigenvalue weighted by molar-refractivity contribution is -0.137. The summed E-state index contributed by atoms with van der Waals surface area (Å²) in [4.78, 5) is 28.9. The van der Waals surface area contributed by atoms with Gasteiger partial charge in [-0.05, 0) is 72.6 Å². The van der Waals surface area contributed by atoms with Gasteiger partial charge in [0.2, 0.25) is 0 Å². The molecule has 2 heterocycles. The quantitative estimate of drug-likeness (QED) is 0.389. The van der Waals surface area contributed by atoms with Gasteiger partial charge in [-0.2, -0.15) is 13.2 Å². The van der Waals surface area contributed by atoms with E-state index in [4.69, 9.17) is 12.2 Å². The lowest BCUT2D eigenvalue weighted by Crippen LogP contribution is -2.54. The molecule has 1 saturated heterocycles. The highest BCUT2D eigenvalue weighted by molar-refractivity contribution is 7.80. The number of fused-ring (bicyclic) bond motifs is 1. The first-order valence-electron chi connectivity index (χ1n) is 10.7. The second kappa shape index (κ2) is 8.97. The SMILES string of the molecule is CCCCN1CCc2cc(C=C3C(=O)NC(=S)N(c4cccc(C(F)(F)F)c4)C3=O)ccc21. The highest BCUT2D eigenvalue weighted by Crippen LogP contribution is 2.33. The summed E-state index contributed by atoms with van der Waals surface area (Å²) in [5.74, 6) is -1.45. The molecule has 0 unspecified atom stereocenters. The minimum absolute atomic E-state index is 0.0637. The molecule has 0 atom stereocenters. The average Bonchev–Trinajstić information content (AvgIpc) is 3.17. The third-order valence-electron chi connectivity index (χ3n) is 5.72. The largest absolute Gasteiger partial charge is 0.416 e. The summed E-state index contributed by atoms with van der Waals surface area (Å²) in [6, 6.07) is 10.0. The maximum Gasteiger partial charge on any atom is 0.416 e. The van der Waals surface area contributed by atoms with Gasteiger partial charge in [-0.1, -0.05) is 25.5 Å². The molecule has 2 aliphatic rings. The topological polar surface area (TPSA) is 52.7 Å². The fraction of sp³-hybridized carbons (Fsp3) is 0.292. The molecular formula is C24H22F3N3O2S. The van der Waals surface area contributed by atoms with Crippen LogP contribution in [0, 0.1) is 0 Å². The van der Waals surface area contributed by atoms with E-state index in [9.17, 15) is 22.8 Å². The molecule has 0 radical (unpaired) electrons. The molecule has 5 nitrogen and oxygen atoms in total. The summed E-state index contributed by atoms with van der Waals surface area (Å²) in [6.07, 6.45) is -0.0395. The number of anilines is 2. The smallest absolute Gasteiger partial charge is 0.371 e. The van der Waals surface area contributed by atoms with E-state index in [-0.39, 0.29) is 16.4 Å². The summed E-state index contributed by atoms with van der Waals surface area (Å²) in [5.41, 5.74) is 1.78. The molecule has 0 bridgehead atoms. The normalized spacial score (nSPS) is 17.6. The van der Waals surface area contributed by atoms with Crippen LogP contribution in [0.2, 0.25) is 0 Å². The fourth-order valence-electron chi connectivity index (χ4n) is 4.04. The minimum atomic E-state index is -4.58. The number of rotatable bonds is 5. The Morgan fingerprint density at radius 1 is 1.15 bits per heavy atom. The highest BCUT2D eigenvalue weighted by atomic mass is 32.1. The number of alkyl halides is 3. The van der Waals surface area contributed by atoms with Crippen molar-refractivity contribution in [3.05, 3.63) is 64.7 Å². The molecule has 0 aliphatic carbocycles. The molecule has 0 spiro atoms. The molecular weight excluding hydrogens is 451 g/mol. The van der Waals surface area contributed by atoms with Gasteiger partial charge in [-0.25, -0.2) is 0 Å². The van der Waals surface area contributed by atoms with Crippen molar-refractivity contribution < 1.29 is 22.8 Å². The average molecular weight is 474 g/mol. The molecule has 1 fully saturated rings. The van der Waals surface area contributed by atoms with Crippen LogP contribution >= 0.6 is 12.2 Å². The van der Waals surface area contributed by atoms with Crippen molar-refractivity contribution in [2.75, 3.05) is 22.9 Å². The monoisotopic (exact) mass is 473 g/mol. The Balaban J connectivity index is 1.64. The van der Waals surface area contributed by atoms with Crippen molar-refractivity contribution in [2.24, 2.45) is 0 Å². The van der Waals surface area contributed by atoms with Gasteiger partial charge in [0, 0.05) is 18.8 Å². The third-order valence-corrected chi connectivity index (χ3v) is 6.01. The number of thiocarbonyl (C=S) groups is 1. The third kappa shape index (κ3) is 4.64. The van der Waals surface area contributed by atoms with Crippen molar-refractivity contribution in [1.29, 1.82) is 0 Å². The fourth-order valence-corrected chi connectivity index (χ4v) is 4.32. The standard InChI is InChI=1S/C24H22F3N3O2S/c1-2-3-10-29-11-9-16-12-15(7-8-20(16)29)13-19-21(31)28-23(33)30(22(19)32)18-6-4-5-17(14-18)24(25,26)27/h4-8,12-14H,2-3,9-11H2,1H3,(H,28,31,33). The number of unbranched alkanes of at least 4 members (excludes halogenated alkanes) is 1. The Labute approximate surface area is 194 Å². The first-order chi connectivity index (χ1) is 15.7. The van der Waals surface area contributed by atoms with E-state index in [1.807, 2.05) is 18.2 Å². The van der Waals surface area contributed by atoms with Crippen molar-refractivity contribution in [2.45, 2.75) is 32.4 Å². The van der Waals surface area contributed by atoms with E-state index in [0.717, 1.165) is 60.6 Å². The summed E-state index contributed by atoms with van der Waals surface area (Å²) < 4.78 is 39.4. The summed E-state index contributed by atoms with van der Waals surface area (Å²) in [6.45, 7) is 4.05. The van der Waals surface area contributed by atoms with Gasteiger partial charge < -0.3 is 4.90 Å². The number of nitrogens with zero attached hydrogens (tertiary/aromatic N) is 2. The van der Waals surface area contributed by atoms with Crippen molar-refractivity contribution in [3.63, 3.8) is 0 Å². The Morgan fingerprint density at radius 3 is 2.67 bits per heavy atom. The Hall–Kier alpha value is -3.20.